The predicted molar refractivity (Wildman–Crippen MR) is 45.3 cm³/mol. The first-order valence-corrected chi connectivity index (χ1v) is 4.34. The van der Waals surface area contributed by atoms with Crippen molar-refractivity contribution in [3.05, 3.63) is 0 Å². The average molecular weight is 158 g/mol. The summed E-state index contributed by atoms with van der Waals surface area (Å²) in [5, 5.41) is 9.20. The van der Waals surface area contributed by atoms with E-state index in [9.17, 15) is 5.11 Å². The number of aliphatic hydroxyl groups excluding tert-OH is 1. The van der Waals surface area contributed by atoms with Crippen molar-refractivity contribution in [2.24, 2.45) is 5.73 Å². The normalized spacial score (nSPS) is 25.4. The summed E-state index contributed by atoms with van der Waals surface area (Å²) in [6.45, 7) is 4.99. The number of rotatable bonds is 2. The van der Waals surface area contributed by atoms with E-state index in [4.69, 9.17) is 5.73 Å². The molecule has 0 radical (unpaired) electrons. The van der Waals surface area contributed by atoms with E-state index in [1.54, 1.807) is 0 Å². The lowest BCUT2D eigenvalue weighted by atomic mass is 10.1. The van der Waals surface area contributed by atoms with Gasteiger partial charge in [0, 0.05) is 25.7 Å². The number of hydrogen-bond acceptors (Lipinski definition) is 3. The van der Waals surface area contributed by atoms with E-state index in [0.717, 1.165) is 32.5 Å². The highest BCUT2D eigenvalue weighted by Crippen LogP contribution is 2.09. The predicted octanol–water partition coefficient (Wildman–Crippen LogP) is -0.210. The first-order chi connectivity index (χ1) is 5.18. The zero-order valence-corrected chi connectivity index (χ0v) is 7.16. The second-order valence-corrected chi connectivity index (χ2v) is 3.51. The standard InChI is InChI=1S/C8H18N2O/c1-7(9)6-10-4-2-8(11)3-5-10/h7-8,11H,2-6,9H2,1H3/t7-/m0/s1. The summed E-state index contributed by atoms with van der Waals surface area (Å²) in [6.07, 6.45) is 1.75. The molecule has 1 aliphatic heterocycles. The van der Waals surface area contributed by atoms with Crippen molar-refractivity contribution in [1.82, 2.24) is 4.90 Å². The van der Waals surface area contributed by atoms with Crippen LogP contribution in [0.15, 0.2) is 0 Å². The van der Waals surface area contributed by atoms with Crippen LogP contribution in [0.3, 0.4) is 0 Å². The first-order valence-electron chi connectivity index (χ1n) is 4.34. The van der Waals surface area contributed by atoms with Crippen LogP contribution in [0.2, 0.25) is 0 Å². The SMILES string of the molecule is C[C@H](N)CN1CCC(O)CC1. The molecule has 0 aromatic rings. The number of nitrogens with two attached hydrogens (primary N) is 1. The molecule has 11 heavy (non-hydrogen) atoms. The molecule has 1 fully saturated rings. The van der Waals surface area contributed by atoms with Gasteiger partial charge in [-0.3, -0.25) is 0 Å². The Morgan fingerprint density at radius 2 is 2.09 bits per heavy atom. The van der Waals surface area contributed by atoms with Gasteiger partial charge in [0.05, 0.1) is 6.10 Å². The van der Waals surface area contributed by atoms with Crippen LogP contribution in [0.1, 0.15) is 19.8 Å². The molecular weight excluding hydrogens is 140 g/mol. The Bertz CT molecular complexity index is 109. The molecule has 0 aromatic heterocycles. The molecule has 0 saturated carbocycles. The van der Waals surface area contributed by atoms with E-state index in [2.05, 4.69) is 4.90 Å². The van der Waals surface area contributed by atoms with Crippen LogP contribution < -0.4 is 5.73 Å². The Morgan fingerprint density at radius 1 is 1.55 bits per heavy atom. The molecule has 1 heterocycles. The van der Waals surface area contributed by atoms with Crippen LogP contribution in [0.25, 0.3) is 0 Å². The number of likely N-dealkylation sites (tertiary alicyclic amines) is 1. The van der Waals surface area contributed by atoms with Crippen LogP contribution >= 0.6 is 0 Å². The number of hydrogen-bond donors (Lipinski definition) is 2. The molecule has 0 amide bonds. The number of nitrogens with zero attached hydrogens (tertiary/aromatic N) is 1. The van der Waals surface area contributed by atoms with E-state index in [0.29, 0.717) is 0 Å². The summed E-state index contributed by atoms with van der Waals surface area (Å²) in [5.41, 5.74) is 5.65. The highest BCUT2D eigenvalue weighted by Gasteiger charge is 2.16. The summed E-state index contributed by atoms with van der Waals surface area (Å²) in [7, 11) is 0. The molecular formula is C8H18N2O. The van der Waals surface area contributed by atoms with Gasteiger partial charge in [-0.1, -0.05) is 0 Å². The Morgan fingerprint density at radius 3 is 2.55 bits per heavy atom. The molecule has 3 N–H and O–H groups in total. The Kier molecular flexibility index (Phi) is 3.30. The Balaban J connectivity index is 2.17. The first kappa shape index (κ1) is 8.97. The van der Waals surface area contributed by atoms with Crippen molar-refractivity contribution in [1.29, 1.82) is 0 Å². The number of aliphatic hydroxyl groups is 1. The van der Waals surface area contributed by atoms with Gasteiger partial charge in [-0.15, -0.1) is 0 Å². The minimum absolute atomic E-state index is 0.0701. The summed E-state index contributed by atoms with van der Waals surface area (Å²) in [4.78, 5) is 2.32. The second kappa shape index (κ2) is 4.04. The fourth-order valence-electron chi connectivity index (χ4n) is 1.51. The van der Waals surface area contributed by atoms with Crippen LogP contribution in [0, 0.1) is 0 Å². The summed E-state index contributed by atoms with van der Waals surface area (Å²) >= 11 is 0. The minimum Gasteiger partial charge on any atom is -0.393 e. The largest absolute Gasteiger partial charge is 0.393 e. The highest BCUT2D eigenvalue weighted by atomic mass is 16.3. The molecule has 3 nitrogen and oxygen atoms in total. The summed E-state index contributed by atoms with van der Waals surface area (Å²) in [6, 6.07) is 0.255. The maximum atomic E-state index is 9.20. The molecule has 66 valence electrons. The van der Waals surface area contributed by atoms with Gasteiger partial charge in [-0.2, -0.15) is 0 Å². The van der Waals surface area contributed by atoms with Crippen LogP contribution in [0.5, 0.6) is 0 Å². The molecule has 3 heteroatoms. The van der Waals surface area contributed by atoms with E-state index in [1.807, 2.05) is 6.92 Å². The average Bonchev–Trinajstić information content (AvgIpc) is 1.93. The van der Waals surface area contributed by atoms with E-state index < -0.39 is 0 Å². The molecule has 0 unspecified atom stereocenters. The fourth-order valence-corrected chi connectivity index (χ4v) is 1.51. The lowest BCUT2D eigenvalue weighted by Crippen LogP contribution is -2.41. The zero-order valence-electron chi connectivity index (χ0n) is 7.16. The maximum Gasteiger partial charge on any atom is 0.0564 e. The van der Waals surface area contributed by atoms with Gasteiger partial charge in [-0.05, 0) is 19.8 Å². The van der Waals surface area contributed by atoms with Crippen molar-refractivity contribution < 1.29 is 5.11 Å². The van der Waals surface area contributed by atoms with E-state index >= 15 is 0 Å². The van der Waals surface area contributed by atoms with Gasteiger partial charge in [0.25, 0.3) is 0 Å². The maximum absolute atomic E-state index is 9.20. The quantitative estimate of drug-likeness (QED) is 0.584. The van der Waals surface area contributed by atoms with E-state index in [-0.39, 0.29) is 12.1 Å². The minimum atomic E-state index is -0.0701. The molecule has 1 atom stereocenters. The molecule has 0 bridgehead atoms. The second-order valence-electron chi connectivity index (χ2n) is 3.51. The third-order valence-electron chi connectivity index (χ3n) is 2.10. The van der Waals surface area contributed by atoms with Gasteiger partial charge in [-0.25, -0.2) is 0 Å². The summed E-state index contributed by atoms with van der Waals surface area (Å²) < 4.78 is 0. The van der Waals surface area contributed by atoms with Crippen molar-refractivity contribution in [2.75, 3.05) is 19.6 Å². The van der Waals surface area contributed by atoms with Gasteiger partial charge in [0.1, 0.15) is 0 Å². The molecule has 0 spiro atoms. The monoisotopic (exact) mass is 158 g/mol. The Hall–Kier alpha value is -0.120. The van der Waals surface area contributed by atoms with Crippen molar-refractivity contribution in [3.63, 3.8) is 0 Å². The summed E-state index contributed by atoms with van der Waals surface area (Å²) in [5.74, 6) is 0. The Labute approximate surface area is 68.2 Å². The molecule has 1 aliphatic rings. The molecule has 0 aromatic carbocycles. The van der Waals surface area contributed by atoms with Crippen LogP contribution in [0.4, 0.5) is 0 Å². The smallest absolute Gasteiger partial charge is 0.0564 e. The zero-order chi connectivity index (χ0) is 8.27. The van der Waals surface area contributed by atoms with Gasteiger partial charge < -0.3 is 15.7 Å². The van der Waals surface area contributed by atoms with Gasteiger partial charge >= 0.3 is 0 Å². The third-order valence-corrected chi connectivity index (χ3v) is 2.10. The third kappa shape index (κ3) is 3.18. The lowest BCUT2D eigenvalue weighted by molar-refractivity contribution is 0.0806. The highest BCUT2D eigenvalue weighted by molar-refractivity contribution is 4.73. The van der Waals surface area contributed by atoms with Crippen LogP contribution in [-0.4, -0.2) is 41.8 Å². The molecule has 1 saturated heterocycles. The van der Waals surface area contributed by atoms with Crippen LogP contribution in [-0.2, 0) is 0 Å². The number of piperidine rings is 1. The topological polar surface area (TPSA) is 49.5 Å². The lowest BCUT2D eigenvalue weighted by Gasteiger charge is -2.30. The van der Waals surface area contributed by atoms with Crippen molar-refractivity contribution in [3.8, 4) is 0 Å². The van der Waals surface area contributed by atoms with Crippen molar-refractivity contribution in [2.45, 2.75) is 31.9 Å². The van der Waals surface area contributed by atoms with Crippen molar-refractivity contribution >= 4 is 0 Å². The van der Waals surface area contributed by atoms with E-state index in [1.165, 1.54) is 0 Å². The van der Waals surface area contributed by atoms with Gasteiger partial charge in [0.15, 0.2) is 0 Å². The van der Waals surface area contributed by atoms with Gasteiger partial charge in [0.2, 0.25) is 0 Å². The molecule has 0 aliphatic carbocycles. The fraction of sp³-hybridized carbons (Fsp3) is 1.00. The molecule has 1 rings (SSSR count).